The smallest absolute Gasteiger partial charge is 0.119 e. The molecule has 24 heavy (non-hydrogen) atoms. The van der Waals surface area contributed by atoms with Gasteiger partial charge in [0.25, 0.3) is 0 Å². The molecule has 1 atom stereocenters. The van der Waals surface area contributed by atoms with Crippen LogP contribution in [0, 0.1) is 0 Å². The van der Waals surface area contributed by atoms with Crippen molar-refractivity contribution in [2.45, 2.75) is 31.6 Å². The molecule has 0 aromatic heterocycles. The molecule has 3 nitrogen and oxygen atoms in total. The lowest BCUT2D eigenvalue weighted by Gasteiger charge is -2.29. The average molecular weight is 324 g/mol. The highest BCUT2D eigenvalue weighted by atomic mass is 16.5. The van der Waals surface area contributed by atoms with Gasteiger partial charge in [-0.2, -0.15) is 0 Å². The van der Waals surface area contributed by atoms with Crippen molar-refractivity contribution in [3.63, 3.8) is 0 Å². The predicted octanol–water partition coefficient (Wildman–Crippen LogP) is 3.87. The van der Waals surface area contributed by atoms with Crippen LogP contribution in [0.25, 0.3) is 0 Å². The van der Waals surface area contributed by atoms with Gasteiger partial charge in [0.05, 0.1) is 7.11 Å². The molecule has 2 aromatic rings. The third-order valence-corrected chi connectivity index (χ3v) is 5.05. The predicted molar refractivity (Wildman–Crippen MR) is 101 cm³/mol. The molecule has 0 radical (unpaired) electrons. The first-order chi connectivity index (χ1) is 11.7. The number of nitrogens with two attached hydrogens (primary N) is 1. The molecule has 2 aromatic carbocycles. The van der Waals surface area contributed by atoms with E-state index in [9.17, 15) is 0 Å². The SMILES string of the molecule is COc1ccc2c(c1)CCCC2CN(C)CCc1cccc(N)c1. The minimum absolute atomic E-state index is 0.630. The molecule has 0 amide bonds. The van der Waals surface area contributed by atoms with Crippen LogP contribution in [0.3, 0.4) is 0 Å². The highest BCUT2D eigenvalue weighted by molar-refractivity contribution is 5.41. The summed E-state index contributed by atoms with van der Waals surface area (Å²) in [5.74, 6) is 1.61. The maximum atomic E-state index is 5.87. The first-order valence-corrected chi connectivity index (χ1v) is 8.85. The van der Waals surface area contributed by atoms with Gasteiger partial charge in [-0.25, -0.2) is 0 Å². The number of rotatable bonds is 6. The van der Waals surface area contributed by atoms with Crippen molar-refractivity contribution in [3.05, 3.63) is 59.2 Å². The average Bonchev–Trinajstić information content (AvgIpc) is 2.60. The zero-order valence-electron chi connectivity index (χ0n) is 14.8. The molecule has 0 saturated heterocycles. The molecule has 1 aliphatic rings. The van der Waals surface area contributed by atoms with Crippen molar-refractivity contribution in [3.8, 4) is 5.75 Å². The molecule has 0 aliphatic heterocycles. The molecule has 2 N–H and O–H groups in total. The van der Waals surface area contributed by atoms with Crippen molar-refractivity contribution < 1.29 is 4.74 Å². The Morgan fingerprint density at radius 1 is 1.21 bits per heavy atom. The molecular formula is C21H28N2O. The van der Waals surface area contributed by atoms with Crippen LogP contribution >= 0.6 is 0 Å². The van der Waals surface area contributed by atoms with Crippen molar-refractivity contribution in [2.75, 3.05) is 33.0 Å². The molecular weight excluding hydrogens is 296 g/mol. The number of fused-ring (bicyclic) bond motifs is 1. The van der Waals surface area contributed by atoms with Gasteiger partial charge in [-0.15, -0.1) is 0 Å². The lowest BCUT2D eigenvalue weighted by atomic mass is 9.82. The van der Waals surface area contributed by atoms with Crippen molar-refractivity contribution >= 4 is 5.69 Å². The van der Waals surface area contributed by atoms with Gasteiger partial charge in [0, 0.05) is 18.8 Å². The zero-order chi connectivity index (χ0) is 16.9. The summed E-state index contributed by atoms with van der Waals surface area (Å²) < 4.78 is 5.37. The Kier molecular flexibility index (Phi) is 5.41. The lowest BCUT2D eigenvalue weighted by molar-refractivity contribution is 0.300. The van der Waals surface area contributed by atoms with Gasteiger partial charge in [-0.05, 0) is 79.6 Å². The van der Waals surface area contributed by atoms with Crippen LogP contribution in [-0.2, 0) is 12.8 Å². The van der Waals surface area contributed by atoms with E-state index in [1.807, 2.05) is 12.1 Å². The van der Waals surface area contributed by atoms with Crippen molar-refractivity contribution in [1.29, 1.82) is 0 Å². The fourth-order valence-electron chi connectivity index (χ4n) is 3.74. The van der Waals surface area contributed by atoms with Gasteiger partial charge >= 0.3 is 0 Å². The Balaban J connectivity index is 1.60. The van der Waals surface area contributed by atoms with E-state index < -0.39 is 0 Å². The zero-order valence-corrected chi connectivity index (χ0v) is 14.8. The van der Waals surface area contributed by atoms with E-state index in [-0.39, 0.29) is 0 Å². The van der Waals surface area contributed by atoms with E-state index in [1.54, 1.807) is 7.11 Å². The summed E-state index contributed by atoms with van der Waals surface area (Å²) in [6.45, 7) is 2.17. The van der Waals surface area contributed by atoms with Crippen LogP contribution in [0.1, 0.15) is 35.4 Å². The van der Waals surface area contributed by atoms with Crippen LogP contribution in [0.2, 0.25) is 0 Å². The summed E-state index contributed by atoms with van der Waals surface area (Å²) in [6.07, 6.45) is 4.77. The van der Waals surface area contributed by atoms with Crippen molar-refractivity contribution in [1.82, 2.24) is 4.90 Å². The van der Waals surface area contributed by atoms with Crippen LogP contribution in [0.15, 0.2) is 42.5 Å². The Morgan fingerprint density at radius 2 is 2.08 bits per heavy atom. The quantitative estimate of drug-likeness (QED) is 0.820. The van der Waals surface area contributed by atoms with Gasteiger partial charge in [-0.3, -0.25) is 0 Å². The summed E-state index contributed by atoms with van der Waals surface area (Å²) >= 11 is 0. The number of methoxy groups -OCH3 is 1. The minimum Gasteiger partial charge on any atom is -0.497 e. The summed E-state index contributed by atoms with van der Waals surface area (Å²) in [7, 11) is 3.97. The number of hydrogen-bond donors (Lipinski definition) is 1. The second kappa shape index (κ2) is 7.71. The fourth-order valence-corrected chi connectivity index (χ4v) is 3.74. The Labute approximate surface area is 145 Å². The normalized spacial score (nSPS) is 16.9. The first-order valence-electron chi connectivity index (χ1n) is 8.85. The number of nitrogen functional groups attached to an aromatic ring is 1. The van der Waals surface area contributed by atoms with E-state index in [2.05, 4.69) is 42.3 Å². The number of hydrogen-bond acceptors (Lipinski definition) is 3. The van der Waals surface area contributed by atoms with Gasteiger partial charge in [0.1, 0.15) is 5.75 Å². The number of ether oxygens (including phenoxy) is 1. The Morgan fingerprint density at radius 3 is 2.88 bits per heavy atom. The van der Waals surface area contributed by atoms with Crippen LogP contribution < -0.4 is 10.5 Å². The van der Waals surface area contributed by atoms with E-state index >= 15 is 0 Å². The summed E-state index contributed by atoms with van der Waals surface area (Å²) in [5, 5.41) is 0. The van der Waals surface area contributed by atoms with Crippen LogP contribution in [-0.4, -0.2) is 32.1 Å². The maximum absolute atomic E-state index is 5.87. The molecule has 0 spiro atoms. The number of aryl methyl sites for hydroxylation is 1. The fraction of sp³-hybridized carbons (Fsp3) is 0.429. The number of benzene rings is 2. The summed E-state index contributed by atoms with van der Waals surface area (Å²) in [6, 6.07) is 14.8. The largest absolute Gasteiger partial charge is 0.497 e. The van der Waals surface area contributed by atoms with E-state index in [0.717, 1.165) is 30.9 Å². The van der Waals surface area contributed by atoms with Gasteiger partial charge < -0.3 is 15.4 Å². The minimum atomic E-state index is 0.630. The first kappa shape index (κ1) is 16.8. The van der Waals surface area contributed by atoms with E-state index in [0.29, 0.717) is 5.92 Å². The molecule has 128 valence electrons. The second-order valence-electron chi connectivity index (χ2n) is 6.91. The number of anilines is 1. The number of nitrogens with zero attached hydrogens (tertiary/aromatic N) is 1. The van der Waals surface area contributed by atoms with Crippen molar-refractivity contribution in [2.24, 2.45) is 0 Å². The third kappa shape index (κ3) is 4.09. The number of likely N-dealkylation sites (N-methyl/N-ethyl adjacent to an activating group) is 1. The molecule has 1 unspecified atom stereocenters. The highest BCUT2D eigenvalue weighted by Gasteiger charge is 2.21. The molecule has 0 fully saturated rings. The van der Waals surface area contributed by atoms with E-state index in [1.165, 1.54) is 36.0 Å². The molecule has 3 heteroatoms. The van der Waals surface area contributed by atoms with Crippen LogP contribution in [0.4, 0.5) is 5.69 Å². The maximum Gasteiger partial charge on any atom is 0.119 e. The Hall–Kier alpha value is -2.00. The van der Waals surface area contributed by atoms with Gasteiger partial charge in [0.2, 0.25) is 0 Å². The Bertz CT molecular complexity index is 683. The van der Waals surface area contributed by atoms with Crippen LogP contribution in [0.5, 0.6) is 5.75 Å². The molecule has 3 rings (SSSR count). The summed E-state index contributed by atoms with van der Waals surface area (Å²) in [5.41, 5.74) is 11.0. The van der Waals surface area contributed by atoms with E-state index in [4.69, 9.17) is 10.5 Å². The molecule has 0 saturated carbocycles. The highest BCUT2D eigenvalue weighted by Crippen LogP contribution is 2.34. The third-order valence-electron chi connectivity index (χ3n) is 5.05. The summed E-state index contributed by atoms with van der Waals surface area (Å²) in [4.78, 5) is 2.45. The molecule has 1 aliphatic carbocycles. The van der Waals surface area contributed by atoms with Gasteiger partial charge in [-0.1, -0.05) is 18.2 Å². The lowest BCUT2D eigenvalue weighted by Crippen LogP contribution is -2.28. The van der Waals surface area contributed by atoms with Gasteiger partial charge in [0.15, 0.2) is 0 Å². The topological polar surface area (TPSA) is 38.5 Å². The monoisotopic (exact) mass is 324 g/mol. The molecule has 0 bridgehead atoms. The standard InChI is InChI=1S/C21H28N2O/c1-23(12-11-16-5-3-8-19(22)13-16)15-18-7-4-6-17-14-20(24-2)9-10-21(17)18/h3,5,8-10,13-14,18H,4,6-7,11-12,15,22H2,1-2H3. The molecule has 0 heterocycles. The second-order valence-corrected chi connectivity index (χ2v) is 6.91.